The summed E-state index contributed by atoms with van der Waals surface area (Å²) < 4.78 is 37.1. The van der Waals surface area contributed by atoms with Crippen molar-refractivity contribution in [2.75, 3.05) is 6.54 Å². The summed E-state index contributed by atoms with van der Waals surface area (Å²) >= 11 is 0. The highest BCUT2D eigenvalue weighted by Gasteiger charge is 2.44. The van der Waals surface area contributed by atoms with Gasteiger partial charge in [-0.15, -0.1) is 15.0 Å². The fraction of sp³-hybridized carbons (Fsp3) is 0.396. The number of halogens is 2. The first-order valence-corrected chi connectivity index (χ1v) is 20.8. The fourth-order valence-electron chi connectivity index (χ4n) is 7.85. The molecule has 2 heterocycles. The largest absolute Gasteiger partial charge is 0.451 e. The molecule has 59 heavy (non-hydrogen) atoms. The first-order chi connectivity index (χ1) is 28.5. The Labute approximate surface area is 346 Å². The summed E-state index contributed by atoms with van der Waals surface area (Å²) in [6, 6.07) is 37.6. The van der Waals surface area contributed by atoms with Crippen molar-refractivity contribution < 1.29 is 28.2 Å². The molecule has 1 aliphatic heterocycles. The first-order valence-electron chi connectivity index (χ1n) is 20.8. The number of carbonyl (C=O) groups is 2. The first kappa shape index (κ1) is 43.0. The van der Waals surface area contributed by atoms with Gasteiger partial charge in [-0.2, -0.15) is 8.78 Å². The Balaban J connectivity index is 1.06. The number of aliphatic hydroxyl groups is 1. The molecule has 310 valence electrons. The third-order valence-electron chi connectivity index (χ3n) is 11.0. The van der Waals surface area contributed by atoms with Crippen LogP contribution in [-0.4, -0.2) is 66.4 Å². The van der Waals surface area contributed by atoms with Crippen LogP contribution in [0.15, 0.2) is 133 Å². The van der Waals surface area contributed by atoms with Crippen molar-refractivity contribution >= 4 is 11.9 Å². The Kier molecular flexibility index (Phi) is 14.5. The molecule has 0 bridgehead atoms. The number of alkyl halides is 2. The van der Waals surface area contributed by atoms with Crippen LogP contribution in [0.5, 0.6) is 0 Å². The zero-order valence-electron chi connectivity index (χ0n) is 34.0. The number of unbranched alkanes of at least 4 members (excludes halogenated alkanes) is 4. The summed E-state index contributed by atoms with van der Waals surface area (Å²) in [7, 11) is 0. The second kappa shape index (κ2) is 19.9. The van der Waals surface area contributed by atoms with Crippen LogP contribution in [-0.2, 0) is 32.2 Å². The number of hydrogen-bond donors (Lipinski definition) is 1. The zero-order chi connectivity index (χ0) is 41.7. The van der Waals surface area contributed by atoms with Crippen LogP contribution in [0.3, 0.4) is 0 Å². The Morgan fingerprint density at radius 3 is 1.90 bits per heavy atom. The molecule has 1 aromatic heterocycles. The lowest BCUT2D eigenvalue weighted by atomic mass is 9.77. The maximum absolute atomic E-state index is 15.9. The average molecular weight is 804 g/mol. The summed E-state index contributed by atoms with van der Waals surface area (Å²) in [5.74, 6) is -3.59. The molecule has 5 aromatic rings. The molecule has 1 N–H and O–H groups in total. The van der Waals surface area contributed by atoms with Gasteiger partial charge in [0.25, 0.3) is 0 Å². The highest BCUT2D eigenvalue weighted by atomic mass is 19.3. The van der Waals surface area contributed by atoms with E-state index in [0.29, 0.717) is 50.9 Å². The number of carbonyl (C=O) groups excluding carboxylic acids is 2. The van der Waals surface area contributed by atoms with Crippen molar-refractivity contribution in [1.82, 2.24) is 25.1 Å². The number of tetrazole rings is 1. The van der Waals surface area contributed by atoms with E-state index in [1.165, 1.54) is 30.3 Å². The summed E-state index contributed by atoms with van der Waals surface area (Å²) in [6.45, 7) is 3.87. The minimum Gasteiger partial charge on any atom is -0.451 e. The monoisotopic (exact) mass is 803 g/mol. The van der Waals surface area contributed by atoms with E-state index < -0.39 is 29.1 Å². The molecular formula is C48H55F2N5O4. The van der Waals surface area contributed by atoms with E-state index in [-0.39, 0.29) is 23.9 Å². The fourth-order valence-corrected chi connectivity index (χ4v) is 7.85. The predicted molar refractivity (Wildman–Crippen MR) is 223 cm³/mol. The zero-order valence-corrected chi connectivity index (χ0v) is 34.0. The van der Waals surface area contributed by atoms with Crippen molar-refractivity contribution in [2.45, 2.75) is 114 Å². The molecule has 1 fully saturated rings. The molecule has 0 spiro atoms. The van der Waals surface area contributed by atoms with Crippen LogP contribution in [0.2, 0.25) is 0 Å². The van der Waals surface area contributed by atoms with Gasteiger partial charge in [0, 0.05) is 31.4 Å². The minimum absolute atomic E-state index is 0.0191. The number of aromatic nitrogens is 4. The number of esters is 1. The molecule has 1 saturated heterocycles. The Morgan fingerprint density at radius 1 is 0.797 bits per heavy atom. The lowest BCUT2D eigenvalue weighted by Crippen LogP contribution is -2.39. The standard InChI is InChI=1S/C48H55F2N5O4/c1-46(2,58)35-19-18-30-45(57)59-42(48(49,50)40-27-15-8-16-28-40)33-31-41-32-34-44(56)54(41)36-20-4-3-17-29-43-51-53-55(52-43)47(37-21-9-5-10-22-37,38-23-11-6-12-24-38)39-25-13-7-14-26-39/h5-16,21-28,31,33,41-42,58H,3-4,17-20,29-30,32,34-36H2,1-2H3/b33-31+/t41-,42+/m0/s1. The van der Waals surface area contributed by atoms with E-state index in [0.717, 1.165) is 42.4 Å². The number of nitrogens with zero attached hydrogens (tertiary/aromatic N) is 5. The van der Waals surface area contributed by atoms with E-state index >= 15 is 8.78 Å². The van der Waals surface area contributed by atoms with Gasteiger partial charge in [0.2, 0.25) is 5.91 Å². The topological polar surface area (TPSA) is 110 Å². The van der Waals surface area contributed by atoms with E-state index in [4.69, 9.17) is 9.84 Å². The molecule has 11 heteroatoms. The van der Waals surface area contributed by atoms with Gasteiger partial charge >= 0.3 is 11.9 Å². The third kappa shape index (κ3) is 10.9. The number of ether oxygens (including phenoxy) is 1. The van der Waals surface area contributed by atoms with Gasteiger partial charge in [0.15, 0.2) is 17.5 Å². The molecule has 6 rings (SSSR count). The molecule has 0 unspecified atom stereocenters. The third-order valence-corrected chi connectivity index (χ3v) is 11.0. The number of aryl methyl sites for hydroxylation is 1. The molecule has 0 saturated carbocycles. The quantitative estimate of drug-likeness (QED) is 0.0341. The summed E-state index contributed by atoms with van der Waals surface area (Å²) in [5, 5.41) is 24.1. The summed E-state index contributed by atoms with van der Waals surface area (Å²) in [5.41, 5.74) is 1.08. The summed E-state index contributed by atoms with van der Waals surface area (Å²) in [4.78, 5) is 29.2. The number of benzene rings is 4. The maximum atomic E-state index is 15.9. The molecule has 1 aliphatic rings. The van der Waals surface area contributed by atoms with Crippen molar-refractivity contribution in [3.05, 3.63) is 162 Å². The maximum Gasteiger partial charge on any atom is 0.312 e. The van der Waals surface area contributed by atoms with Crippen LogP contribution in [0, 0.1) is 0 Å². The van der Waals surface area contributed by atoms with E-state index in [1.807, 2.05) is 54.6 Å². The SMILES string of the molecule is CC(C)(O)CCCCC(=O)O[C@H](/C=C/[C@H]1CCC(=O)N1CCCCCCc1nnn(C(c2ccccc2)(c2ccccc2)c2ccccc2)n1)C(F)(F)c1ccccc1. The van der Waals surface area contributed by atoms with Gasteiger partial charge in [-0.05, 0) is 73.9 Å². The van der Waals surface area contributed by atoms with Crippen LogP contribution in [0.25, 0.3) is 0 Å². The predicted octanol–water partition coefficient (Wildman–Crippen LogP) is 9.20. The number of likely N-dealkylation sites (tertiary alicyclic amines) is 1. The molecular weight excluding hydrogens is 749 g/mol. The van der Waals surface area contributed by atoms with Crippen molar-refractivity contribution in [3.8, 4) is 0 Å². The molecule has 9 nitrogen and oxygen atoms in total. The highest BCUT2D eigenvalue weighted by Crippen LogP contribution is 2.40. The average Bonchev–Trinajstić information content (AvgIpc) is 3.86. The summed E-state index contributed by atoms with van der Waals surface area (Å²) in [6.07, 6.45) is 7.21. The number of amides is 1. The second-order valence-electron chi connectivity index (χ2n) is 16.0. The van der Waals surface area contributed by atoms with Gasteiger partial charge < -0.3 is 14.7 Å². The molecule has 1 amide bonds. The van der Waals surface area contributed by atoms with Crippen LogP contribution >= 0.6 is 0 Å². The van der Waals surface area contributed by atoms with E-state index in [2.05, 4.69) is 46.7 Å². The van der Waals surface area contributed by atoms with Crippen molar-refractivity contribution in [1.29, 1.82) is 0 Å². The second-order valence-corrected chi connectivity index (χ2v) is 16.0. The molecule has 0 radical (unpaired) electrons. The normalized spacial score (nSPS) is 15.5. The van der Waals surface area contributed by atoms with Gasteiger partial charge in [-0.3, -0.25) is 9.59 Å². The van der Waals surface area contributed by atoms with Gasteiger partial charge in [0.1, 0.15) is 0 Å². The van der Waals surface area contributed by atoms with Crippen LogP contribution in [0.1, 0.15) is 106 Å². The minimum atomic E-state index is -3.49. The lowest BCUT2D eigenvalue weighted by molar-refractivity contribution is -0.168. The van der Waals surface area contributed by atoms with Gasteiger partial charge in [0.05, 0.1) is 11.6 Å². The van der Waals surface area contributed by atoms with Crippen LogP contribution in [0.4, 0.5) is 8.78 Å². The number of hydrogen-bond acceptors (Lipinski definition) is 7. The molecule has 0 aliphatic carbocycles. The smallest absolute Gasteiger partial charge is 0.312 e. The Hall–Kier alpha value is -5.55. The van der Waals surface area contributed by atoms with Crippen LogP contribution < -0.4 is 0 Å². The Bertz CT molecular complexity index is 1990. The van der Waals surface area contributed by atoms with E-state index in [9.17, 15) is 14.7 Å². The lowest BCUT2D eigenvalue weighted by Gasteiger charge is -2.34. The van der Waals surface area contributed by atoms with Crippen molar-refractivity contribution in [3.63, 3.8) is 0 Å². The Morgan fingerprint density at radius 2 is 1.34 bits per heavy atom. The van der Waals surface area contributed by atoms with E-state index in [1.54, 1.807) is 35.7 Å². The van der Waals surface area contributed by atoms with Crippen molar-refractivity contribution in [2.24, 2.45) is 0 Å². The van der Waals surface area contributed by atoms with Gasteiger partial charge in [-0.1, -0.05) is 147 Å². The molecule has 2 atom stereocenters. The molecule has 4 aromatic carbocycles. The highest BCUT2D eigenvalue weighted by molar-refractivity contribution is 5.79. The number of rotatable bonds is 21. The van der Waals surface area contributed by atoms with Gasteiger partial charge in [-0.25, -0.2) is 0 Å².